The van der Waals surface area contributed by atoms with Crippen LogP contribution in [-0.4, -0.2) is 27.1 Å². The fourth-order valence-electron chi connectivity index (χ4n) is 4.16. The van der Waals surface area contributed by atoms with Crippen molar-refractivity contribution in [1.82, 2.24) is 19.4 Å². The monoisotopic (exact) mass is 486 g/mol. The van der Waals surface area contributed by atoms with Crippen LogP contribution in [0, 0.1) is 0 Å². The molecule has 0 fully saturated rings. The Bertz CT molecular complexity index is 1570. The number of amides is 1. The topological polar surface area (TPSA) is 78.2 Å². The maximum atomic E-state index is 13.6. The maximum Gasteiger partial charge on any atom is 0.278 e. The van der Waals surface area contributed by atoms with E-state index in [1.807, 2.05) is 60.7 Å². The number of nitrogens with zero attached hydrogens (tertiary/aromatic N) is 3. The highest BCUT2D eigenvalue weighted by Crippen LogP contribution is 2.25. The number of fused-ring (bicyclic) bond motifs is 3. The molecule has 0 radical (unpaired) electrons. The van der Waals surface area contributed by atoms with Gasteiger partial charge in [-0.15, -0.1) is 0 Å². The summed E-state index contributed by atoms with van der Waals surface area (Å²) in [7, 11) is 1.61. The van der Waals surface area contributed by atoms with E-state index in [-0.39, 0.29) is 18.0 Å². The summed E-state index contributed by atoms with van der Waals surface area (Å²) in [6.45, 7) is 0.726. The molecule has 35 heavy (non-hydrogen) atoms. The van der Waals surface area contributed by atoms with Crippen LogP contribution in [0.25, 0.3) is 21.9 Å². The predicted molar refractivity (Wildman–Crippen MR) is 137 cm³/mol. The first-order valence-corrected chi connectivity index (χ1v) is 11.5. The number of hydrogen-bond acceptors (Lipinski definition) is 4. The number of carbonyl (C=O) groups excluding carboxylic acids is 1. The summed E-state index contributed by atoms with van der Waals surface area (Å²) in [6.07, 6.45) is 1.56. The van der Waals surface area contributed by atoms with Crippen molar-refractivity contribution in [2.45, 2.75) is 19.6 Å². The van der Waals surface area contributed by atoms with Crippen molar-refractivity contribution in [3.05, 3.63) is 106 Å². The van der Waals surface area contributed by atoms with Crippen LogP contribution >= 0.6 is 11.6 Å². The zero-order valence-electron chi connectivity index (χ0n) is 19.1. The van der Waals surface area contributed by atoms with E-state index in [1.165, 1.54) is 0 Å². The molecular weight excluding hydrogens is 464 g/mol. The summed E-state index contributed by atoms with van der Waals surface area (Å²) in [5.74, 6) is 0.548. The zero-order valence-corrected chi connectivity index (χ0v) is 19.8. The number of benzene rings is 3. The van der Waals surface area contributed by atoms with Gasteiger partial charge in [0, 0.05) is 17.0 Å². The Morgan fingerprint density at radius 3 is 2.46 bits per heavy atom. The van der Waals surface area contributed by atoms with Crippen LogP contribution in [0.1, 0.15) is 11.1 Å². The first-order chi connectivity index (χ1) is 17.0. The standard InChI is InChI=1S/C27H23ClN4O3/c1-35-21-12-8-19(9-13-21)15-31-17-30-25-22-4-2-3-5-23(22)32(26(25)27(31)34)16-24(33)29-14-18-6-10-20(28)11-7-18/h2-13,17H,14-16H2,1H3,(H,29,33). The molecule has 2 aromatic heterocycles. The van der Waals surface area contributed by atoms with Crippen molar-refractivity contribution in [2.24, 2.45) is 0 Å². The van der Waals surface area contributed by atoms with Gasteiger partial charge in [0.15, 0.2) is 0 Å². The van der Waals surface area contributed by atoms with Crippen LogP contribution < -0.4 is 15.6 Å². The lowest BCUT2D eigenvalue weighted by atomic mass is 10.2. The van der Waals surface area contributed by atoms with Crippen LogP contribution in [0.15, 0.2) is 83.9 Å². The molecule has 1 amide bonds. The van der Waals surface area contributed by atoms with Crippen molar-refractivity contribution in [1.29, 1.82) is 0 Å². The second kappa shape index (κ2) is 9.64. The minimum atomic E-state index is -0.201. The van der Waals surface area contributed by atoms with Crippen molar-refractivity contribution in [3.8, 4) is 5.75 Å². The fraction of sp³-hybridized carbons (Fsp3) is 0.148. The Morgan fingerprint density at radius 2 is 1.71 bits per heavy atom. The number of carbonyl (C=O) groups is 1. The lowest BCUT2D eigenvalue weighted by molar-refractivity contribution is -0.121. The molecule has 0 aliphatic rings. The molecule has 0 spiro atoms. The largest absolute Gasteiger partial charge is 0.497 e. The van der Waals surface area contributed by atoms with Crippen molar-refractivity contribution < 1.29 is 9.53 Å². The molecular formula is C27H23ClN4O3. The van der Waals surface area contributed by atoms with Gasteiger partial charge < -0.3 is 14.6 Å². The number of nitrogens with one attached hydrogen (secondary N) is 1. The summed E-state index contributed by atoms with van der Waals surface area (Å²) in [4.78, 5) is 31.1. The summed E-state index contributed by atoms with van der Waals surface area (Å²) in [6, 6.07) is 22.4. The number of halogens is 1. The summed E-state index contributed by atoms with van der Waals surface area (Å²) >= 11 is 5.94. The highest BCUT2D eigenvalue weighted by atomic mass is 35.5. The Hall–Kier alpha value is -4.10. The Morgan fingerprint density at radius 1 is 1.00 bits per heavy atom. The minimum Gasteiger partial charge on any atom is -0.497 e. The molecule has 8 heteroatoms. The summed E-state index contributed by atoms with van der Waals surface area (Å²) in [5, 5.41) is 4.40. The number of aromatic nitrogens is 3. The molecule has 3 aromatic carbocycles. The van der Waals surface area contributed by atoms with Crippen LogP contribution in [0.4, 0.5) is 0 Å². The number of para-hydroxylation sites is 1. The molecule has 7 nitrogen and oxygen atoms in total. The van der Waals surface area contributed by atoms with Crippen molar-refractivity contribution >= 4 is 39.4 Å². The van der Waals surface area contributed by atoms with Gasteiger partial charge in [-0.3, -0.25) is 14.2 Å². The molecule has 0 saturated carbocycles. The van der Waals surface area contributed by atoms with Gasteiger partial charge in [0.05, 0.1) is 25.5 Å². The van der Waals surface area contributed by atoms with Crippen LogP contribution in [0.5, 0.6) is 5.75 Å². The minimum absolute atomic E-state index is 0.00106. The molecule has 0 bridgehead atoms. The molecule has 0 atom stereocenters. The normalized spacial score (nSPS) is 11.1. The maximum absolute atomic E-state index is 13.6. The number of methoxy groups -OCH3 is 1. The van der Waals surface area contributed by atoms with E-state index in [9.17, 15) is 9.59 Å². The average Bonchev–Trinajstić information content (AvgIpc) is 3.20. The lowest BCUT2D eigenvalue weighted by Gasteiger charge is -2.10. The number of rotatable bonds is 7. The lowest BCUT2D eigenvalue weighted by Crippen LogP contribution is -2.29. The molecule has 5 rings (SSSR count). The van der Waals surface area contributed by atoms with E-state index in [2.05, 4.69) is 10.3 Å². The summed E-state index contributed by atoms with van der Waals surface area (Å²) in [5.41, 5.74) is 3.46. The number of hydrogen-bond donors (Lipinski definition) is 1. The van der Waals surface area contributed by atoms with Gasteiger partial charge >= 0.3 is 0 Å². The zero-order chi connectivity index (χ0) is 24.4. The van der Waals surface area contributed by atoms with Gasteiger partial charge in [0.25, 0.3) is 5.56 Å². The Balaban J connectivity index is 1.48. The van der Waals surface area contributed by atoms with Gasteiger partial charge in [-0.1, -0.05) is 54.1 Å². The van der Waals surface area contributed by atoms with Crippen LogP contribution in [0.2, 0.25) is 5.02 Å². The molecule has 2 heterocycles. The smallest absolute Gasteiger partial charge is 0.278 e. The second-order valence-electron chi connectivity index (χ2n) is 8.23. The van der Waals surface area contributed by atoms with E-state index >= 15 is 0 Å². The van der Waals surface area contributed by atoms with Crippen LogP contribution in [-0.2, 0) is 24.4 Å². The highest BCUT2D eigenvalue weighted by Gasteiger charge is 2.18. The third-order valence-electron chi connectivity index (χ3n) is 5.95. The molecule has 0 unspecified atom stereocenters. The SMILES string of the molecule is COc1ccc(Cn2cnc3c4ccccc4n(CC(=O)NCc4ccc(Cl)cc4)c3c2=O)cc1. The van der Waals surface area contributed by atoms with Gasteiger partial charge in [0.1, 0.15) is 23.3 Å². The van der Waals surface area contributed by atoms with Gasteiger partial charge in [-0.25, -0.2) is 4.98 Å². The molecule has 1 N–H and O–H groups in total. The van der Waals surface area contributed by atoms with Crippen molar-refractivity contribution in [2.75, 3.05) is 7.11 Å². The molecule has 0 aliphatic carbocycles. The Kier molecular flexibility index (Phi) is 6.25. The summed E-state index contributed by atoms with van der Waals surface area (Å²) < 4.78 is 8.52. The number of ether oxygens (including phenoxy) is 1. The van der Waals surface area contributed by atoms with Gasteiger partial charge in [-0.05, 0) is 41.5 Å². The average molecular weight is 487 g/mol. The fourth-order valence-corrected chi connectivity index (χ4v) is 4.28. The van der Waals surface area contributed by atoms with Crippen molar-refractivity contribution in [3.63, 3.8) is 0 Å². The molecule has 0 aliphatic heterocycles. The van der Waals surface area contributed by atoms with Gasteiger partial charge in [0.2, 0.25) is 5.91 Å². The highest BCUT2D eigenvalue weighted by molar-refractivity contribution is 6.30. The van der Waals surface area contributed by atoms with E-state index in [1.54, 1.807) is 34.7 Å². The van der Waals surface area contributed by atoms with E-state index < -0.39 is 0 Å². The third kappa shape index (κ3) is 4.63. The van der Waals surface area contributed by atoms with E-state index in [0.717, 1.165) is 27.8 Å². The predicted octanol–water partition coefficient (Wildman–Crippen LogP) is 4.38. The van der Waals surface area contributed by atoms with E-state index in [0.29, 0.717) is 29.1 Å². The van der Waals surface area contributed by atoms with E-state index in [4.69, 9.17) is 16.3 Å². The van der Waals surface area contributed by atoms with Crippen LogP contribution in [0.3, 0.4) is 0 Å². The molecule has 0 saturated heterocycles. The Labute approximate surface area is 206 Å². The second-order valence-corrected chi connectivity index (χ2v) is 8.67. The molecule has 5 aromatic rings. The quantitative estimate of drug-likeness (QED) is 0.370. The first-order valence-electron chi connectivity index (χ1n) is 11.1. The first kappa shape index (κ1) is 22.7. The third-order valence-corrected chi connectivity index (χ3v) is 6.20. The van der Waals surface area contributed by atoms with Gasteiger partial charge in [-0.2, -0.15) is 0 Å². The molecule has 176 valence electrons.